The van der Waals surface area contributed by atoms with Crippen LogP contribution < -0.4 is 5.73 Å². The molecule has 2 N–H and O–H groups in total. The predicted molar refractivity (Wildman–Crippen MR) is 102 cm³/mol. The molecule has 2 atom stereocenters. The summed E-state index contributed by atoms with van der Waals surface area (Å²) < 4.78 is 51.3. The van der Waals surface area contributed by atoms with Crippen molar-refractivity contribution in [1.82, 2.24) is 0 Å². The molecule has 28 heavy (non-hydrogen) atoms. The fourth-order valence-electron chi connectivity index (χ4n) is 4.17. The van der Waals surface area contributed by atoms with Gasteiger partial charge >= 0.3 is 5.97 Å². The molecular weight excluding hydrogens is 367 g/mol. The summed E-state index contributed by atoms with van der Waals surface area (Å²) in [5.41, 5.74) is 7.80. The summed E-state index contributed by atoms with van der Waals surface area (Å²) in [5.74, 6) is -7.23. The van der Waals surface area contributed by atoms with Crippen LogP contribution in [0.5, 0.6) is 0 Å². The molecule has 0 aromatic heterocycles. The molecule has 1 aromatic carbocycles. The monoisotopic (exact) mass is 393 g/mol. The lowest BCUT2D eigenvalue weighted by molar-refractivity contribution is -0.144. The molecule has 0 saturated heterocycles. The Morgan fingerprint density at radius 3 is 2.50 bits per heavy atom. The third-order valence-corrected chi connectivity index (χ3v) is 5.58. The number of allylic oxidation sites excluding steroid dienone is 3. The van der Waals surface area contributed by atoms with Crippen molar-refractivity contribution in [1.29, 1.82) is 0 Å². The molecule has 1 saturated carbocycles. The van der Waals surface area contributed by atoms with Crippen molar-refractivity contribution in [2.45, 2.75) is 52.0 Å². The molecule has 6 heteroatoms. The minimum atomic E-state index is -3.44. The van der Waals surface area contributed by atoms with Crippen molar-refractivity contribution in [2.75, 3.05) is 6.61 Å². The quantitative estimate of drug-likeness (QED) is 0.696. The zero-order valence-electron chi connectivity index (χ0n) is 16.4. The summed E-state index contributed by atoms with van der Waals surface area (Å²) in [4.78, 5) is 11.8. The largest absolute Gasteiger partial charge is 0.466 e. The lowest BCUT2D eigenvalue weighted by atomic mass is 9.73. The Morgan fingerprint density at radius 1 is 1.29 bits per heavy atom. The van der Waals surface area contributed by atoms with Gasteiger partial charge in [-0.3, -0.25) is 4.79 Å². The van der Waals surface area contributed by atoms with Crippen LogP contribution in [-0.2, 0) is 9.53 Å². The van der Waals surface area contributed by atoms with E-state index in [4.69, 9.17) is 10.5 Å². The van der Waals surface area contributed by atoms with Gasteiger partial charge in [0, 0.05) is 17.2 Å². The zero-order chi connectivity index (χ0) is 20.6. The predicted octanol–water partition coefficient (Wildman–Crippen LogP) is 4.95. The molecule has 3 rings (SSSR count). The van der Waals surface area contributed by atoms with E-state index in [1.807, 2.05) is 19.1 Å². The van der Waals surface area contributed by atoms with Gasteiger partial charge in [-0.1, -0.05) is 24.3 Å². The summed E-state index contributed by atoms with van der Waals surface area (Å²) in [5, 5.41) is 0. The lowest BCUT2D eigenvalue weighted by Gasteiger charge is -2.38. The molecule has 0 spiro atoms. The molecule has 3 nitrogen and oxygen atoms in total. The summed E-state index contributed by atoms with van der Waals surface area (Å²) in [6, 6.07) is 5.75. The average molecular weight is 393 g/mol. The Morgan fingerprint density at radius 2 is 1.93 bits per heavy atom. The van der Waals surface area contributed by atoms with Gasteiger partial charge in [-0.2, -0.15) is 0 Å². The second kappa shape index (κ2) is 7.74. The van der Waals surface area contributed by atoms with E-state index >= 15 is 13.2 Å². The molecule has 1 aromatic rings. The number of rotatable bonds is 6. The van der Waals surface area contributed by atoms with Gasteiger partial charge in [0.05, 0.1) is 18.9 Å². The van der Waals surface area contributed by atoms with E-state index in [0.717, 1.165) is 5.56 Å². The van der Waals surface area contributed by atoms with E-state index < -0.39 is 36.1 Å². The summed E-state index contributed by atoms with van der Waals surface area (Å²) in [7, 11) is 0. The number of alkyl halides is 2. The Labute approximate surface area is 163 Å². The van der Waals surface area contributed by atoms with Gasteiger partial charge in [0.2, 0.25) is 0 Å². The van der Waals surface area contributed by atoms with Crippen LogP contribution in [0.1, 0.15) is 44.2 Å². The first-order valence-corrected chi connectivity index (χ1v) is 9.66. The van der Waals surface area contributed by atoms with Gasteiger partial charge < -0.3 is 10.5 Å². The van der Waals surface area contributed by atoms with E-state index in [-0.39, 0.29) is 23.7 Å². The Balaban J connectivity index is 2.13. The molecule has 1 fully saturated rings. The molecule has 0 aliphatic heterocycles. The number of halogens is 3. The maximum Gasteiger partial charge on any atom is 0.307 e. The molecule has 2 unspecified atom stereocenters. The van der Waals surface area contributed by atoms with Crippen LogP contribution >= 0.6 is 0 Å². The minimum absolute atomic E-state index is 0.0311. The molecule has 0 radical (unpaired) electrons. The second-order valence-corrected chi connectivity index (χ2v) is 7.62. The SMILES string of the molecule is CCOC(=O)CC(N)C1C(F)=C(c2ccccc2C)C(C)=C(C2CC2)C1(F)F. The van der Waals surface area contributed by atoms with Crippen molar-refractivity contribution in [3.05, 3.63) is 52.4 Å². The van der Waals surface area contributed by atoms with Gasteiger partial charge in [0.1, 0.15) is 5.83 Å². The van der Waals surface area contributed by atoms with Gasteiger partial charge in [0.25, 0.3) is 5.92 Å². The van der Waals surface area contributed by atoms with E-state index in [1.165, 1.54) is 0 Å². The standard InChI is InChI=1S/C22H26F3NO2/c1-4-28-17(27)11-16(26)20-21(23)18(15-8-6-5-7-12(15)2)13(3)19(14-9-10-14)22(20,24)25/h5-8,14,16,20H,4,9-11,26H2,1-3H3. The Bertz CT molecular complexity index is 840. The number of benzene rings is 1. The van der Waals surface area contributed by atoms with Crippen molar-refractivity contribution >= 4 is 11.5 Å². The minimum Gasteiger partial charge on any atom is -0.466 e. The number of esters is 1. The molecule has 0 heterocycles. The highest BCUT2D eigenvalue weighted by atomic mass is 19.3. The molecule has 0 bridgehead atoms. The van der Waals surface area contributed by atoms with E-state index in [9.17, 15) is 4.79 Å². The Kier molecular flexibility index (Phi) is 5.71. The molecule has 0 amide bonds. The van der Waals surface area contributed by atoms with E-state index in [0.29, 0.717) is 24.0 Å². The van der Waals surface area contributed by atoms with Gasteiger partial charge in [-0.15, -0.1) is 0 Å². The fraction of sp³-hybridized carbons (Fsp3) is 0.500. The van der Waals surface area contributed by atoms with Crippen LogP contribution in [0, 0.1) is 18.8 Å². The highest BCUT2D eigenvalue weighted by molar-refractivity contribution is 5.85. The van der Waals surface area contributed by atoms with Gasteiger partial charge in [-0.25, -0.2) is 13.2 Å². The number of carbonyl (C=O) groups is 1. The average Bonchev–Trinajstić information content (AvgIpc) is 3.40. The maximum atomic E-state index is 15.6. The third kappa shape index (κ3) is 3.62. The maximum absolute atomic E-state index is 15.6. The summed E-state index contributed by atoms with van der Waals surface area (Å²) >= 11 is 0. The molecule has 2 aliphatic carbocycles. The molecule has 2 aliphatic rings. The van der Waals surface area contributed by atoms with E-state index in [1.54, 1.807) is 26.0 Å². The second-order valence-electron chi connectivity index (χ2n) is 7.62. The number of ether oxygens (including phenoxy) is 1. The number of aryl methyl sites for hydroxylation is 1. The van der Waals surface area contributed by atoms with Gasteiger partial charge in [-0.05, 0) is 56.2 Å². The highest BCUT2D eigenvalue weighted by Crippen LogP contribution is 2.57. The third-order valence-electron chi connectivity index (χ3n) is 5.58. The van der Waals surface area contributed by atoms with Crippen LogP contribution in [0.3, 0.4) is 0 Å². The van der Waals surface area contributed by atoms with Crippen molar-refractivity contribution in [3.8, 4) is 0 Å². The number of nitrogens with two attached hydrogens (primary N) is 1. The normalized spacial score (nSPS) is 23.0. The first kappa shape index (κ1) is 20.6. The number of carbonyl (C=O) groups excluding carboxylic acids is 1. The van der Waals surface area contributed by atoms with Crippen molar-refractivity contribution in [2.24, 2.45) is 17.6 Å². The topological polar surface area (TPSA) is 52.3 Å². The van der Waals surface area contributed by atoms with Crippen LogP contribution in [-0.4, -0.2) is 24.5 Å². The molecular formula is C22H26F3NO2. The smallest absolute Gasteiger partial charge is 0.307 e. The fourth-order valence-corrected chi connectivity index (χ4v) is 4.17. The summed E-state index contributed by atoms with van der Waals surface area (Å²) in [6.45, 7) is 5.12. The van der Waals surface area contributed by atoms with Crippen LogP contribution in [0.25, 0.3) is 5.57 Å². The Hall–Kier alpha value is -2.08. The van der Waals surface area contributed by atoms with Crippen LogP contribution in [0.15, 0.2) is 41.2 Å². The number of hydrogen-bond donors (Lipinski definition) is 1. The van der Waals surface area contributed by atoms with Crippen LogP contribution in [0.2, 0.25) is 0 Å². The van der Waals surface area contributed by atoms with Crippen molar-refractivity contribution in [3.63, 3.8) is 0 Å². The number of hydrogen-bond acceptors (Lipinski definition) is 3. The zero-order valence-corrected chi connectivity index (χ0v) is 16.4. The summed E-state index contributed by atoms with van der Waals surface area (Å²) in [6.07, 6.45) is 0.856. The first-order chi connectivity index (χ1) is 13.2. The van der Waals surface area contributed by atoms with Crippen molar-refractivity contribution < 1.29 is 22.7 Å². The van der Waals surface area contributed by atoms with Crippen LogP contribution in [0.4, 0.5) is 13.2 Å². The van der Waals surface area contributed by atoms with E-state index in [2.05, 4.69) is 0 Å². The van der Waals surface area contributed by atoms with Gasteiger partial charge in [0.15, 0.2) is 0 Å². The molecule has 152 valence electrons. The highest BCUT2D eigenvalue weighted by Gasteiger charge is 2.57. The lowest BCUT2D eigenvalue weighted by Crippen LogP contribution is -2.47. The first-order valence-electron chi connectivity index (χ1n) is 9.66.